The van der Waals surface area contributed by atoms with E-state index < -0.39 is 0 Å². The number of carbonyl (C=O) groups excluding carboxylic acids is 1. The first kappa shape index (κ1) is 16.1. The maximum atomic E-state index is 11.6. The summed E-state index contributed by atoms with van der Waals surface area (Å²) >= 11 is 1.36. The van der Waals surface area contributed by atoms with Crippen LogP contribution in [0.25, 0.3) is 0 Å². The zero-order valence-electron chi connectivity index (χ0n) is 11.9. The smallest absolute Gasteiger partial charge is 0.224 e. The van der Waals surface area contributed by atoms with E-state index in [1.807, 2.05) is 44.5 Å². The molecule has 0 fully saturated rings. The van der Waals surface area contributed by atoms with Crippen molar-refractivity contribution in [2.45, 2.75) is 26.7 Å². The molecule has 0 aromatic heterocycles. The summed E-state index contributed by atoms with van der Waals surface area (Å²) in [5.41, 5.74) is 2.47. The van der Waals surface area contributed by atoms with E-state index in [0.29, 0.717) is 11.6 Å². The van der Waals surface area contributed by atoms with Gasteiger partial charge < -0.3 is 5.32 Å². The van der Waals surface area contributed by atoms with Gasteiger partial charge in [0.2, 0.25) is 5.91 Å². The van der Waals surface area contributed by atoms with Crippen LogP contribution in [0.3, 0.4) is 0 Å². The highest BCUT2D eigenvalue weighted by Gasteiger charge is 2.05. The van der Waals surface area contributed by atoms with Gasteiger partial charge in [-0.1, -0.05) is 18.7 Å². The standard InChI is InChI=1S/C14H18N4OS/c1-4-5-13(19)18-12-7-6-11(8-10(12)2)17-14(20-3)16-9-15/h6-8H,4-5H2,1-3H3,(H,16,17)(H,18,19). The van der Waals surface area contributed by atoms with E-state index in [1.165, 1.54) is 11.8 Å². The maximum absolute atomic E-state index is 11.6. The van der Waals surface area contributed by atoms with Gasteiger partial charge in [-0.3, -0.25) is 10.1 Å². The lowest BCUT2D eigenvalue weighted by Crippen LogP contribution is -2.12. The van der Waals surface area contributed by atoms with Crippen molar-refractivity contribution in [1.29, 1.82) is 5.26 Å². The molecule has 5 nitrogen and oxygen atoms in total. The Morgan fingerprint density at radius 2 is 2.25 bits per heavy atom. The van der Waals surface area contributed by atoms with E-state index in [2.05, 4.69) is 15.6 Å². The van der Waals surface area contributed by atoms with Gasteiger partial charge in [0, 0.05) is 12.1 Å². The van der Waals surface area contributed by atoms with Crippen LogP contribution in [0, 0.1) is 18.4 Å². The van der Waals surface area contributed by atoms with E-state index in [1.54, 1.807) is 0 Å². The van der Waals surface area contributed by atoms with Crippen molar-refractivity contribution in [1.82, 2.24) is 5.32 Å². The van der Waals surface area contributed by atoms with Gasteiger partial charge in [0.1, 0.15) is 0 Å². The molecule has 0 aliphatic heterocycles. The van der Waals surface area contributed by atoms with Crippen LogP contribution >= 0.6 is 11.8 Å². The Morgan fingerprint density at radius 1 is 1.50 bits per heavy atom. The van der Waals surface area contributed by atoms with Crippen molar-refractivity contribution in [2.75, 3.05) is 11.6 Å². The molecular weight excluding hydrogens is 272 g/mol. The number of anilines is 1. The zero-order chi connectivity index (χ0) is 15.0. The molecule has 0 saturated heterocycles. The fraction of sp³-hybridized carbons (Fsp3) is 0.357. The first-order valence-electron chi connectivity index (χ1n) is 6.29. The monoisotopic (exact) mass is 290 g/mol. The van der Waals surface area contributed by atoms with Crippen LogP contribution in [0.1, 0.15) is 25.3 Å². The van der Waals surface area contributed by atoms with Crippen molar-refractivity contribution in [3.8, 4) is 6.19 Å². The van der Waals surface area contributed by atoms with Gasteiger partial charge in [0.25, 0.3) is 0 Å². The molecule has 0 radical (unpaired) electrons. The van der Waals surface area contributed by atoms with Gasteiger partial charge in [-0.05, 0) is 43.4 Å². The van der Waals surface area contributed by atoms with Crippen LogP contribution in [0.15, 0.2) is 23.2 Å². The summed E-state index contributed by atoms with van der Waals surface area (Å²) in [5.74, 6) is 0.0165. The number of nitrogens with zero attached hydrogens (tertiary/aromatic N) is 2. The Labute approximate surface area is 123 Å². The first-order valence-corrected chi connectivity index (χ1v) is 7.51. The minimum absolute atomic E-state index is 0.0165. The lowest BCUT2D eigenvalue weighted by molar-refractivity contribution is -0.116. The van der Waals surface area contributed by atoms with E-state index >= 15 is 0 Å². The fourth-order valence-corrected chi connectivity index (χ4v) is 1.93. The number of nitrogens with one attached hydrogen (secondary N) is 2. The summed E-state index contributed by atoms with van der Waals surface area (Å²) in [6.07, 6.45) is 5.03. The summed E-state index contributed by atoms with van der Waals surface area (Å²) in [5, 5.41) is 14.5. The van der Waals surface area contributed by atoms with E-state index in [4.69, 9.17) is 5.26 Å². The average Bonchev–Trinajstić information content (AvgIpc) is 2.41. The van der Waals surface area contributed by atoms with Crippen molar-refractivity contribution in [2.24, 2.45) is 4.99 Å². The highest BCUT2D eigenvalue weighted by molar-refractivity contribution is 8.13. The molecule has 0 aliphatic rings. The quantitative estimate of drug-likeness (QED) is 0.386. The number of thioether (sulfide) groups is 1. The highest BCUT2D eigenvalue weighted by Crippen LogP contribution is 2.22. The van der Waals surface area contributed by atoms with Crippen molar-refractivity contribution >= 4 is 34.2 Å². The normalized spacial score (nSPS) is 10.8. The predicted molar refractivity (Wildman–Crippen MR) is 84.1 cm³/mol. The van der Waals surface area contributed by atoms with E-state index in [-0.39, 0.29) is 5.91 Å². The van der Waals surface area contributed by atoms with Crippen LogP contribution in [0.5, 0.6) is 0 Å². The van der Waals surface area contributed by atoms with Crippen LogP contribution < -0.4 is 10.6 Å². The molecule has 0 heterocycles. The number of amidine groups is 1. The third kappa shape index (κ3) is 4.94. The van der Waals surface area contributed by atoms with Gasteiger partial charge in [0.05, 0.1) is 5.69 Å². The number of hydrogen-bond acceptors (Lipinski definition) is 4. The second kappa shape index (κ2) is 8.23. The number of carbonyl (C=O) groups is 1. The molecule has 2 N–H and O–H groups in total. The Morgan fingerprint density at radius 3 is 2.80 bits per heavy atom. The molecule has 0 unspecified atom stereocenters. The molecule has 1 rings (SSSR count). The van der Waals surface area contributed by atoms with Crippen LogP contribution in [0.2, 0.25) is 0 Å². The third-order valence-corrected chi connectivity index (χ3v) is 3.13. The van der Waals surface area contributed by atoms with Crippen molar-refractivity contribution < 1.29 is 4.79 Å². The molecule has 0 aliphatic carbocycles. The number of nitriles is 1. The number of aryl methyl sites for hydroxylation is 1. The largest absolute Gasteiger partial charge is 0.326 e. The van der Waals surface area contributed by atoms with Crippen molar-refractivity contribution in [3.63, 3.8) is 0 Å². The lowest BCUT2D eigenvalue weighted by Gasteiger charge is -2.09. The number of aliphatic imine (C=N–C) groups is 1. The molecule has 6 heteroatoms. The lowest BCUT2D eigenvalue weighted by atomic mass is 10.1. The molecular formula is C14H18N4OS. The second-order valence-electron chi connectivity index (χ2n) is 4.16. The highest BCUT2D eigenvalue weighted by atomic mass is 32.2. The number of rotatable bonds is 4. The molecule has 106 valence electrons. The predicted octanol–water partition coefficient (Wildman–Crippen LogP) is 3.15. The summed E-state index contributed by atoms with van der Waals surface area (Å²) in [6, 6.07) is 5.51. The van der Waals surface area contributed by atoms with Crippen LogP contribution in [0.4, 0.5) is 11.4 Å². The van der Waals surface area contributed by atoms with E-state index in [9.17, 15) is 4.79 Å². The second-order valence-corrected chi connectivity index (χ2v) is 4.95. The molecule has 1 amide bonds. The molecule has 1 aromatic carbocycles. The maximum Gasteiger partial charge on any atom is 0.224 e. The average molecular weight is 290 g/mol. The van der Waals surface area contributed by atoms with Gasteiger partial charge in [-0.2, -0.15) is 5.26 Å². The number of benzene rings is 1. The number of amides is 1. The number of hydrogen-bond donors (Lipinski definition) is 2. The van der Waals surface area contributed by atoms with Gasteiger partial charge in [0.15, 0.2) is 11.4 Å². The molecule has 20 heavy (non-hydrogen) atoms. The third-order valence-electron chi connectivity index (χ3n) is 2.55. The Balaban J connectivity index is 2.88. The summed E-state index contributed by atoms with van der Waals surface area (Å²) in [4.78, 5) is 15.9. The first-order chi connectivity index (χ1) is 9.60. The fourth-order valence-electron chi connectivity index (χ4n) is 1.59. The molecule has 0 spiro atoms. The Hall–Kier alpha value is -2.00. The minimum Gasteiger partial charge on any atom is -0.326 e. The summed E-state index contributed by atoms with van der Waals surface area (Å²) in [7, 11) is 0. The summed E-state index contributed by atoms with van der Waals surface area (Å²) < 4.78 is 0. The SMILES string of the molecule is CCCC(=O)Nc1ccc(N=C(NC#N)SC)cc1C. The van der Waals surface area contributed by atoms with Gasteiger partial charge in [-0.25, -0.2) is 4.99 Å². The van der Waals surface area contributed by atoms with Crippen LogP contribution in [-0.4, -0.2) is 17.3 Å². The summed E-state index contributed by atoms with van der Waals surface area (Å²) in [6.45, 7) is 3.88. The van der Waals surface area contributed by atoms with Crippen molar-refractivity contribution in [3.05, 3.63) is 23.8 Å². The molecule has 1 aromatic rings. The zero-order valence-corrected chi connectivity index (χ0v) is 12.7. The topological polar surface area (TPSA) is 77.3 Å². The molecule has 0 bridgehead atoms. The van der Waals surface area contributed by atoms with Crippen LogP contribution in [-0.2, 0) is 4.79 Å². The minimum atomic E-state index is 0.0165. The Bertz CT molecular complexity index is 549. The van der Waals surface area contributed by atoms with Gasteiger partial charge >= 0.3 is 0 Å². The Kier molecular flexibility index (Phi) is 6.60. The van der Waals surface area contributed by atoms with E-state index in [0.717, 1.165) is 23.4 Å². The molecule has 0 saturated carbocycles. The molecule has 0 atom stereocenters. The van der Waals surface area contributed by atoms with Gasteiger partial charge in [-0.15, -0.1) is 0 Å².